The van der Waals surface area contributed by atoms with Gasteiger partial charge < -0.3 is 14.6 Å². The fourth-order valence-corrected chi connectivity index (χ4v) is 3.71. The Kier molecular flexibility index (Phi) is 6.49. The number of H-pyrrole nitrogens is 1. The van der Waals surface area contributed by atoms with Gasteiger partial charge in [-0.3, -0.25) is 9.59 Å². The van der Waals surface area contributed by atoms with Gasteiger partial charge in [-0.2, -0.15) is 0 Å². The predicted molar refractivity (Wildman–Crippen MR) is 109 cm³/mol. The first kappa shape index (κ1) is 20.1. The number of fused-ring (bicyclic) bond motifs is 1. The average Bonchev–Trinajstić information content (AvgIpc) is 2.74. The first-order valence-electron chi connectivity index (χ1n) is 10.1. The molecule has 0 saturated carbocycles. The fraction of sp³-hybridized carbons (Fsp3) is 0.500. The lowest BCUT2D eigenvalue weighted by molar-refractivity contribution is -0.136. The second-order valence-electron chi connectivity index (χ2n) is 7.33. The Bertz CT molecular complexity index is 874. The summed E-state index contributed by atoms with van der Waals surface area (Å²) in [7, 11) is 1.62. The molecule has 1 aliphatic rings. The number of unbranched alkanes of at least 4 members (excludes halogenated alkanes) is 1. The summed E-state index contributed by atoms with van der Waals surface area (Å²) in [6.07, 6.45) is 4.51. The minimum atomic E-state index is -0.157. The SMILES string of the molecule is CCCC[C@@H](CC)C(=O)N1CCc2nc(-c3ccc(OC)cc3)[nH]c(=O)c2C1. The van der Waals surface area contributed by atoms with Gasteiger partial charge in [0.25, 0.3) is 5.56 Å². The van der Waals surface area contributed by atoms with Crippen molar-refractivity contribution in [2.45, 2.75) is 52.5 Å². The molecule has 0 aliphatic carbocycles. The highest BCUT2D eigenvalue weighted by Gasteiger charge is 2.28. The van der Waals surface area contributed by atoms with Gasteiger partial charge in [0.05, 0.1) is 24.9 Å². The van der Waals surface area contributed by atoms with Crippen molar-refractivity contribution in [2.24, 2.45) is 5.92 Å². The number of carbonyl (C=O) groups is 1. The molecule has 1 atom stereocenters. The van der Waals surface area contributed by atoms with E-state index in [-0.39, 0.29) is 17.4 Å². The Balaban J connectivity index is 1.80. The average molecular weight is 383 g/mol. The van der Waals surface area contributed by atoms with Crippen molar-refractivity contribution in [3.05, 3.63) is 45.9 Å². The second-order valence-corrected chi connectivity index (χ2v) is 7.33. The highest BCUT2D eigenvalue weighted by Crippen LogP contribution is 2.23. The molecular weight excluding hydrogens is 354 g/mol. The van der Waals surface area contributed by atoms with Gasteiger partial charge in [0.1, 0.15) is 11.6 Å². The smallest absolute Gasteiger partial charge is 0.256 e. The molecule has 1 aliphatic heterocycles. The van der Waals surface area contributed by atoms with E-state index in [1.54, 1.807) is 7.11 Å². The Hall–Kier alpha value is -2.63. The Morgan fingerprint density at radius 1 is 1.29 bits per heavy atom. The topological polar surface area (TPSA) is 75.3 Å². The third-order valence-electron chi connectivity index (χ3n) is 5.49. The number of methoxy groups -OCH3 is 1. The Morgan fingerprint density at radius 3 is 2.68 bits per heavy atom. The normalized spacial score (nSPS) is 14.5. The fourth-order valence-electron chi connectivity index (χ4n) is 3.71. The van der Waals surface area contributed by atoms with Crippen molar-refractivity contribution in [3.63, 3.8) is 0 Å². The zero-order chi connectivity index (χ0) is 20.1. The maximum Gasteiger partial charge on any atom is 0.256 e. The molecule has 1 amide bonds. The maximum atomic E-state index is 12.9. The molecular formula is C22H29N3O3. The summed E-state index contributed by atoms with van der Waals surface area (Å²) in [5.41, 5.74) is 2.09. The summed E-state index contributed by atoms with van der Waals surface area (Å²) in [6, 6.07) is 7.44. The van der Waals surface area contributed by atoms with Gasteiger partial charge in [-0.05, 0) is 37.1 Å². The third-order valence-corrected chi connectivity index (χ3v) is 5.49. The van der Waals surface area contributed by atoms with Crippen LogP contribution in [0.3, 0.4) is 0 Å². The van der Waals surface area contributed by atoms with E-state index < -0.39 is 0 Å². The van der Waals surface area contributed by atoms with E-state index in [4.69, 9.17) is 4.74 Å². The molecule has 1 aromatic heterocycles. The number of hydrogen-bond donors (Lipinski definition) is 1. The summed E-state index contributed by atoms with van der Waals surface area (Å²) in [4.78, 5) is 35.0. The van der Waals surface area contributed by atoms with E-state index in [2.05, 4.69) is 23.8 Å². The first-order valence-corrected chi connectivity index (χ1v) is 10.1. The van der Waals surface area contributed by atoms with Crippen LogP contribution in [0.2, 0.25) is 0 Å². The van der Waals surface area contributed by atoms with Gasteiger partial charge in [0.15, 0.2) is 0 Å². The summed E-state index contributed by atoms with van der Waals surface area (Å²) < 4.78 is 5.18. The van der Waals surface area contributed by atoms with Crippen molar-refractivity contribution in [3.8, 4) is 17.1 Å². The molecule has 1 N–H and O–H groups in total. The lowest BCUT2D eigenvalue weighted by Crippen LogP contribution is -2.42. The number of benzene rings is 1. The number of aromatic amines is 1. The molecule has 28 heavy (non-hydrogen) atoms. The number of nitrogens with one attached hydrogen (secondary N) is 1. The molecule has 2 aromatic rings. The van der Waals surface area contributed by atoms with E-state index in [0.717, 1.165) is 42.7 Å². The van der Waals surface area contributed by atoms with Crippen molar-refractivity contribution in [1.82, 2.24) is 14.9 Å². The minimum absolute atomic E-state index is 0.0483. The summed E-state index contributed by atoms with van der Waals surface area (Å²) >= 11 is 0. The molecule has 150 valence electrons. The quantitative estimate of drug-likeness (QED) is 0.793. The molecule has 0 spiro atoms. The zero-order valence-electron chi connectivity index (χ0n) is 17.0. The van der Waals surface area contributed by atoms with Crippen LogP contribution in [0.1, 0.15) is 50.8 Å². The number of carbonyl (C=O) groups excluding carboxylic acids is 1. The van der Waals surface area contributed by atoms with Crippen LogP contribution < -0.4 is 10.3 Å². The van der Waals surface area contributed by atoms with E-state index in [1.807, 2.05) is 29.2 Å². The summed E-state index contributed by atoms with van der Waals surface area (Å²) in [5.74, 6) is 1.53. The Labute approximate surface area is 165 Å². The lowest BCUT2D eigenvalue weighted by atomic mass is 9.96. The molecule has 6 heteroatoms. The van der Waals surface area contributed by atoms with Crippen LogP contribution in [-0.2, 0) is 17.8 Å². The van der Waals surface area contributed by atoms with Gasteiger partial charge in [-0.15, -0.1) is 0 Å². The number of nitrogens with zero attached hydrogens (tertiary/aromatic N) is 2. The standard InChI is InChI=1S/C22H29N3O3/c1-4-6-7-15(5-2)22(27)25-13-12-19-18(14-25)21(26)24-20(23-19)16-8-10-17(28-3)11-9-16/h8-11,15H,4-7,12-14H2,1-3H3,(H,23,24,26)/t15-/m1/s1. The first-order chi connectivity index (χ1) is 13.6. The Morgan fingerprint density at radius 2 is 2.04 bits per heavy atom. The number of rotatable bonds is 7. The molecule has 3 rings (SSSR count). The van der Waals surface area contributed by atoms with Crippen LogP contribution in [0.5, 0.6) is 5.75 Å². The molecule has 2 heterocycles. The van der Waals surface area contributed by atoms with Crippen LogP contribution in [-0.4, -0.2) is 34.4 Å². The van der Waals surface area contributed by atoms with Gasteiger partial charge in [0, 0.05) is 24.4 Å². The van der Waals surface area contributed by atoms with Crippen LogP contribution in [0.15, 0.2) is 29.1 Å². The van der Waals surface area contributed by atoms with Crippen LogP contribution in [0.25, 0.3) is 11.4 Å². The maximum absolute atomic E-state index is 12.9. The second kappa shape index (κ2) is 9.04. The molecule has 0 radical (unpaired) electrons. The van der Waals surface area contributed by atoms with Gasteiger partial charge in [-0.1, -0.05) is 26.7 Å². The van der Waals surface area contributed by atoms with E-state index >= 15 is 0 Å². The summed E-state index contributed by atoms with van der Waals surface area (Å²) in [5, 5.41) is 0. The molecule has 0 unspecified atom stereocenters. The third kappa shape index (κ3) is 4.26. The minimum Gasteiger partial charge on any atom is -0.497 e. The molecule has 6 nitrogen and oxygen atoms in total. The highest BCUT2D eigenvalue weighted by atomic mass is 16.5. The van der Waals surface area contributed by atoms with Crippen molar-refractivity contribution in [2.75, 3.05) is 13.7 Å². The van der Waals surface area contributed by atoms with Gasteiger partial charge >= 0.3 is 0 Å². The number of ether oxygens (including phenoxy) is 1. The molecule has 0 saturated heterocycles. The highest BCUT2D eigenvalue weighted by molar-refractivity contribution is 5.79. The molecule has 0 fully saturated rings. The molecule has 0 bridgehead atoms. The zero-order valence-corrected chi connectivity index (χ0v) is 17.0. The van der Waals surface area contributed by atoms with Gasteiger partial charge in [0.2, 0.25) is 5.91 Å². The van der Waals surface area contributed by atoms with Crippen molar-refractivity contribution >= 4 is 5.91 Å². The predicted octanol–water partition coefficient (Wildman–Crippen LogP) is 3.55. The van der Waals surface area contributed by atoms with Crippen LogP contribution in [0, 0.1) is 5.92 Å². The van der Waals surface area contributed by atoms with E-state index in [0.29, 0.717) is 30.9 Å². The van der Waals surface area contributed by atoms with E-state index in [9.17, 15) is 9.59 Å². The lowest BCUT2D eigenvalue weighted by Gasteiger charge is -2.31. The van der Waals surface area contributed by atoms with Gasteiger partial charge in [-0.25, -0.2) is 4.98 Å². The monoisotopic (exact) mass is 383 g/mol. The van der Waals surface area contributed by atoms with Crippen LogP contribution >= 0.6 is 0 Å². The molecule has 1 aromatic carbocycles. The number of amides is 1. The van der Waals surface area contributed by atoms with Crippen molar-refractivity contribution in [1.29, 1.82) is 0 Å². The summed E-state index contributed by atoms with van der Waals surface area (Å²) in [6.45, 7) is 5.17. The number of aromatic nitrogens is 2. The van der Waals surface area contributed by atoms with Crippen LogP contribution in [0.4, 0.5) is 0 Å². The largest absolute Gasteiger partial charge is 0.497 e. The number of hydrogen-bond acceptors (Lipinski definition) is 4. The van der Waals surface area contributed by atoms with Crippen molar-refractivity contribution < 1.29 is 9.53 Å². The van der Waals surface area contributed by atoms with E-state index in [1.165, 1.54) is 0 Å².